The van der Waals surface area contributed by atoms with Crippen LogP contribution in [0.1, 0.15) is 32.0 Å². The summed E-state index contributed by atoms with van der Waals surface area (Å²) in [5, 5.41) is 12.1. The molecule has 0 atom stereocenters. The van der Waals surface area contributed by atoms with Gasteiger partial charge in [0.2, 0.25) is 5.88 Å². The molecule has 4 N–H and O–H groups in total. The van der Waals surface area contributed by atoms with Crippen molar-refractivity contribution in [3.8, 4) is 23.2 Å². The fourth-order valence-corrected chi connectivity index (χ4v) is 2.74. The number of carbonyl (C=O) groups excluding carboxylic acids is 1. The van der Waals surface area contributed by atoms with Crippen LogP contribution in [-0.4, -0.2) is 53.8 Å². The molecule has 0 bridgehead atoms. The van der Waals surface area contributed by atoms with Crippen molar-refractivity contribution in [2.75, 3.05) is 38.0 Å². The average Bonchev–Trinajstić information content (AvgIpc) is 2.76. The Morgan fingerprint density at radius 2 is 1.97 bits per heavy atom. The number of aromatic nitrogens is 2. The lowest BCUT2D eigenvalue weighted by atomic mass is 10.1. The Morgan fingerprint density at radius 3 is 2.50 bits per heavy atom. The minimum atomic E-state index is -4.78. The zero-order valence-electron chi connectivity index (χ0n) is 19.4. The third-order valence-corrected chi connectivity index (χ3v) is 4.36. The number of carbonyl (C=O) groups is 1. The number of pyridine rings is 2. The first-order valence-corrected chi connectivity index (χ1v) is 10.0. The van der Waals surface area contributed by atoms with E-state index in [1.54, 1.807) is 27.8 Å². The molecule has 0 saturated heterocycles. The number of hydrazine groups is 1. The molecule has 184 valence electrons. The van der Waals surface area contributed by atoms with Crippen molar-refractivity contribution in [1.82, 2.24) is 14.9 Å². The van der Waals surface area contributed by atoms with E-state index in [2.05, 4.69) is 20.7 Å². The van der Waals surface area contributed by atoms with Gasteiger partial charge in [-0.05, 0) is 32.9 Å². The van der Waals surface area contributed by atoms with Crippen molar-refractivity contribution >= 4 is 17.5 Å². The molecule has 0 aliphatic heterocycles. The number of alkyl halides is 3. The number of rotatable bonds is 7. The van der Waals surface area contributed by atoms with Gasteiger partial charge in [0.05, 0.1) is 17.9 Å². The molecule has 0 saturated carbocycles. The van der Waals surface area contributed by atoms with E-state index < -0.39 is 29.3 Å². The second-order valence-corrected chi connectivity index (χ2v) is 8.11. The van der Waals surface area contributed by atoms with Gasteiger partial charge in [0.1, 0.15) is 29.5 Å². The van der Waals surface area contributed by atoms with Crippen LogP contribution in [0.5, 0.6) is 5.88 Å². The van der Waals surface area contributed by atoms with E-state index >= 15 is 0 Å². The molecule has 2 aromatic heterocycles. The third kappa shape index (κ3) is 6.61. The Labute approximate surface area is 194 Å². The van der Waals surface area contributed by atoms with Crippen LogP contribution in [0.4, 0.5) is 29.3 Å². The Morgan fingerprint density at radius 1 is 1.29 bits per heavy atom. The number of anilines is 2. The second kappa shape index (κ2) is 10.4. The van der Waals surface area contributed by atoms with Gasteiger partial charge >= 0.3 is 12.3 Å². The SMILES string of the molecule is CNc1cc(-c2cnc(OCCN(C)C(=O)OC(C)(C)C)c(C(F)(F)F)c2)nc(C#N)c1NN. The summed E-state index contributed by atoms with van der Waals surface area (Å²) in [7, 11) is 3.00. The van der Waals surface area contributed by atoms with E-state index in [0.717, 1.165) is 12.3 Å². The monoisotopic (exact) mass is 481 g/mol. The number of nitriles is 1. The van der Waals surface area contributed by atoms with Gasteiger partial charge in [-0.3, -0.25) is 5.84 Å². The molecular weight excluding hydrogens is 455 g/mol. The minimum Gasteiger partial charge on any atom is -0.475 e. The maximum absolute atomic E-state index is 13.7. The lowest BCUT2D eigenvalue weighted by Crippen LogP contribution is -2.36. The second-order valence-electron chi connectivity index (χ2n) is 8.11. The molecule has 2 rings (SSSR count). The largest absolute Gasteiger partial charge is 0.475 e. The van der Waals surface area contributed by atoms with Crippen molar-refractivity contribution in [2.45, 2.75) is 32.5 Å². The quantitative estimate of drug-likeness (QED) is 0.400. The van der Waals surface area contributed by atoms with Crippen molar-refractivity contribution in [3.63, 3.8) is 0 Å². The maximum atomic E-state index is 13.7. The van der Waals surface area contributed by atoms with Gasteiger partial charge in [0, 0.05) is 25.9 Å². The molecule has 10 nitrogen and oxygen atoms in total. The highest BCUT2D eigenvalue weighted by Crippen LogP contribution is 2.38. The highest BCUT2D eigenvalue weighted by molar-refractivity contribution is 5.78. The van der Waals surface area contributed by atoms with Crippen LogP contribution in [0.25, 0.3) is 11.3 Å². The van der Waals surface area contributed by atoms with Crippen LogP contribution < -0.4 is 21.3 Å². The van der Waals surface area contributed by atoms with E-state index in [1.165, 1.54) is 18.0 Å². The molecule has 34 heavy (non-hydrogen) atoms. The van der Waals surface area contributed by atoms with Gasteiger partial charge in [-0.15, -0.1) is 0 Å². The Kier molecular flexibility index (Phi) is 8.12. The van der Waals surface area contributed by atoms with Gasteiger partial charge < -0.3 is 25.1 Å². The van der Waals surface area contributed by atoms with Crippen LogP contribution in [-0.2, 0) is 10.9 Å². The lowest BCUT2D eigenvalue weighted by molar-refractivity contribution is -0.139. The van der Waals surface area contributed by atoms with E-state index in [4.69, 9.17) is 15.3 Å². The van der Waals surface area contributed by atoms with Crippen LogP contribution in [0.3, 0.4) is 0 Å². The minimum absolute atomic E-state index is 0.0159. The number of nitrogens with one attached hydrogen (secondary N) is 2. The van der Waals surface area contributed by atoms with E-state index in [1.807, 2.05) is 6.07 Å². The number of amides is 1. The summed E-state index contributed by atoms with van der Waals surface area (Å²) in [6.45, 7) is 4.82. The molecule has 0 radical (unpaired) electrons. The molecule has 2 heterocycles. The molecule has 13 heteroatoms. The standard InChI is InChI=1S/C21H26F3N7O3/c1-20(2,3)34-19(32)31(5)6-7-33-18-13(21(22,23)24)8-12(11-28-18)14-9-15(27-4)17(30-26)16(10-25)29-14/h8-9,11,30H,6-7,26H2,1-5H3,(H,27,29). The normalized spacial score (nSPS) is 11.4. The van der Waals surface area contributed by atoms with Gasteiger partial charge in [-0.2, -0.15) is 18.4 Å². The van der Waals surface area contributed by atoms with Crippen LogP contribution in [0.2, 0.25) is 0 Å². The zero-order valence-corrected chi connectivity index (χ0v) is 19.4. The summed E-state index contributed by atoms with van der Waals surface area (Å²) in [4.78, 5) is 21.1. The van der Waals surface area contributed by atoms with Crippen LogP contribution in [0.15, 0.2) is 18.3 Å². The van der Waals surface area contributed by atoms with E-state index in [9.17, 15) is 23.2 Å². The number of ether oxygens (including phenoxy) is 2. The fraction of sp³-hybridized carbons (Fsp3) is 0.429. The molecule has 0 aromatic carbocycles. The highest BCUT2D eigenvalue weighted by Gasteiger charge is 2.36. The van der Waals surface area contributed by atoms with Crippen molar-refractivity contribution in [2.24, 2.45) is 5.84 Å². The third-order valence-electron chi connectivity index (χ3n) is 4.36. The van der Waals surface area contributed by atoms with Crippen LogP contribution in [0, 0.1) is 11.3 Å². The summed E-state index contributed by atoms with van der Waals surface area (Å²) in [6.07, 6.45) is -4.26. The number of likely N-dealkylation sites (N-methyl/N-ethyl adjacent to an activating group) is 1. The molecule has 0 unspecified atom stereocenters. The number of hydrogen-bond donors (Lipinski definition) is 3. The fourth-order valence-electron chi connectivity index (χ4n) is 2.74. The van der Waals surface area contributed by atoms with Crippen LogP contribution >= 0.6 is 0 Å². The average molecular weight is 481 g/mol. The number of halogens is 3. The summed E-state index contributed by atoms with van der Waals surface area (Å²) < 4.78 is 51.6. The molecule has 0 aliphatic rings. The number of nitrogen functional groups attached to an aromatic ring is 1. The van der Waals surface area contributed by atoms with Gasteiger partial charge in [-0.25, -0.2) is 14.8 Å². The Bertz CT molecular complexity index is 1080. The predicted octanol–water partition coefficient (Wildman–Crippen LogP) is 3.61. The van der Waals surface area contributed by atoms with Gasteiger partial charge in [0.25, 0.3) is 0 Å². The molecule has 0 fully saturated rings. The zero-order chi connectivity index (χ0) is 25.7. The van der Waals surface area contributed by atoms with Gasteiger partial charge in [0.15, 0.2) is 5.69 Å². The smallest absolute Gasteiger partial charge is 0.421 e. The predicted molar refractivity (Wildman–Crippen MR) is 119 cm³/mol. The topological polar surface area (TPSA) is 138 Å². The maximum Gasteiger partial charge on any atom is 0.421 e. The van der Waals surface area contributed by atoms with Crippen molar-refractivity contribution in [1.29, 1.82) is 5.26 Å². The highest BCUT2D eigenvalue weighted by atomic mass is 19.4. The summed E-state index contributed by atoms with van der Waals surface area (Å²) >= 11 is 0. The number of hydrogen-bond acceptors (Lipinski definition) is 9. The summed E-state index contributed by atoms with van der Waals surface area (Å²) in [6, 6.07) is 4.11. The molecule has 0 spiro atoms. The lowest BCUT2D eigenvalue weighted by Gasteiger charge is -2.24. The summed E-state index contributed by atoms with van der Waals surface area (Å²) in [5.74, 6) is 4.77. The number of nitrogens with zero attached hydrogens (tertiary/aromatic N) is 4. The van der Waals surface area contributed by atoms with Crippen molar-refractivity contribution in [3.05, 3.63) is 29.6 Å². The first-order valence-electron chi connectivity index (χ1n) is 10.0. The first-order chi connectivity index (χ1) is 15.8. The van der Waals surface area contributed by atoms with Gasteiger partial charge in [-0.1, -0.05) is 0 Å². The first kappa shape index (κ1) is 26.5. The number of nitrogens with two attached hydrogens (primary N) is 1. The van der Waals surface area contributed by atoms with Crippen molar-refractivity contribution < 1.29 is 27.4 Å². The molecular formula is C21H26F3N7O3. The molecule has 1 amide bonds. The molecule has 0 aliphatic carbocycles. The Balaban J connectivity index is 2.30. The van der Waals surface area contributed by atoms with E-state index in [0.29, 0.717) is 5.69 Å². The summed E-state index contributed by atoms with van der Waals surface area (Å²) in [5.41, 5.74) is 1.05. The molecule has 2 aromatic rings. The Hall–Kier alpha value is -3.79. The van der Waals surface area contributed by atoms with E-state index in [-0.39, 0.29) is 35.8 Å².